The molecule has 0 aliphatic heterocycles. The van der Waals surface area contributed by atoms with Gasteiger partial charge in [0.2, 0.25) is 0 Å². The topological polar surface area (TPSA) is 48.1 Å². The number of ether oxygens (including phenoxy) is 1. The minimum atomic E-state index is 0.429. The van der Waals surface area contributed by atoms with E-state index in [0.717, 1.165) is 16.6 Å². The van der Waals surface area contributed by atoms with Gasteiger partial charge in [0.15, 0.2) is 11.5 Å². The van der Waals surface area contributed by atoms with Gasteiger partial charge in [-0.2, -0.15) is 0 Å². The fraction of sp³-hybridized carbons (Fsp3) is 0.0625. The van der Waals surface area contributed by atoms with E-state index in [2.05, 4.69) is 4.98 Å². The molecule has 2 aromatic carbocycles. The van der Waals surface area contributed by atoms with Gasteiger partial charge in [-0.1, -0.05) is 35.9 Å². The lowest BCUT2D eigenvalue weighted by Crippen LogP contribution is -1.94. The van der Waals surface area contributed by atoms with Crippen molar-refractivity contribution in [1.29, 1.82) is 0 Å². The Hall–Kier alpha value is -2.26. The van der Waals surface area contributed by atoms with Gasteiger partial charge >= 0.3 is 0 Å². The zero-order chi connectivity index (χ0) is 14.1. The summed E-state index contributed by atoms with van der Waals surface area (Å²) in [4.78, 5) is 4.53. The molecule has 100 valence electrons. The SMILES string of the molecule is Cc1ccc2cccc(Oc3cccc(Cl)c3N)c2n1. The molecule has 3 aromatic rings. The molecule has 20 heavy (non-hydrogen) atoms. The molecule has 0 saturated heterocycles. The number of hydrogen-bond donors (Lipinski definition) is 1. The Labute approximate surface area is 122 Å². The van der Waals surface area contributed by atoms with Crippen molar-refractivity contribution in [2.45, 2.75) is 6.92 Å². The molecule has 3 rings (SSSR count). The number of fused-ring (bicyclic) bond motifs is 1. The Morgan fingerprint density at radius 3 is 2.60 bits per heavy atom. The van der Waals surface area contributed by atoms with Crippen molar-refractivity contribution in [2.75, 3.05) is 5.73 Å². The van der Waals surface area contributed by atoms with E-state index in [1.54, 1.807) is 18.2 Å². The summed E-state index contributed by atoms with van der Waals surface area (Å²) in [7, 11) is 0. The molecule has 0 atom stereocenters. The standard InChI is InChI=1S/C16H13ClN2O/c1-10-8-9-11-4-2-7-14(16(11)19-10)20-13-6-3-5-12(17)15(13)18/h2-9H,18H2,1H3. The van der Waals surface area contributed by atoms with Crippen LogP contribution in [0.2, 0.25) is 5.02 Å². The van der Waals surface area contributed by atoms with Crippen LogP contribution in [-0.2, 0) is 0 Å². The number of nitrogen functional groups attached to an aromatic ring is 1. The molecule has 1 heterocycles. The maximum absolute atomic E-state index is 6.00. The number of halogens is 1. The largest absolute Gasteiger partial charge is 0.453 e. The van der Waals surface area contributed by atoms with Crippen LogP contribution in [0.15, 0.2) is 48.5 Å². The van der Waals surface area contributed by atoms with E-state index in [4.69, 9.17) is 22.1 Å². The predicted molar refractivity (Wildman–Crippen MR) is 82.4 cm³/mol. The lowest BCUT2D eigenvalue weighted by atomic mass is 10.2. The quantitative estimate of drug-likeness (QED) is 0.701. The highest BCUT2D eigenvalue weighted by Gasteiger charge is 2.09. The minimum Gasteiger partial charge on any atom is -0.453 e. The van der Waals surface area contributed by atoms with Gasteiger partial charge in [-0.25, -0.2) is 4.98 Å². The first-order valence-corrected chi connectivity index (χ1v) is 6.61. The van der Waals surface area contributed by atoms with Gasteiger partial charge in [-0.05, 0) is 31.2 Å². The van der Waals surface area contributed by atoms with Gasteiger partial charge in [-0.15, -0.1) is 0 Å². The maximum atomic E-state index is 6.00. The number of rotatable bonds is 2. The zero-order valence-corrected chi connectivity index (χ0v) is 11.7. The number of para-hydroxylation sites is 2. The highest BCUT2D eigenvalue weighted by atomic mass is 35.5. The second-order valence-electron chi connectivity index (χ2n) is 4.53. The van der Waals surface area contributed by atoms with E-state index >= 15 is 0 Å². The average Bonchev–Trinajstić information content (AvgIpc) is 2.44. The van der Waals surface area contributed by atoms with Crippen LogP contribution in [0.1, 0.15) is 5.69 Å². The highest BCUT2D eigenvalue weighted by molar-refractivity contribution is 6.33. The summed E-state index contributed by atoms with van der Waals surface area (Å²) in [6, 6.07) is 15.1. The lowest BCUT2D eigenvalue weighted by Gasteiger charge is -2.11. The molecular formula is C16H13ClN2O. The molecule has 3 nitrogen and oxygen atoms in total. The second kappa shape index (κ2) is 5.02. The number of aryl methyl sites for hydroxylation is 1. The zero-order valence-electron chi connectivity index (χ0n) is 10.9. The smallest absolute Gasteiger partial charge is 0.153 e. The summed E-state index contributed by atoms with van der Waals surface area (Å²) in [5.41, 5.74) is 8.11. The third-order valence-corrected chi connectivity index (χ3v) is 3.38. The molecule has 1 aromatic heterocycles. The predicted octanol–water partition coefficient (Wildman–Crippen LogP) is 4.57. The third-order valence-electron chi connectivity index (χ3n) is 3.06. The van der Waals surface area contributed by atoms with Crippen molar-refractivity contribution < 1.29 is 4.74 Å². The number of pyridine rings is 1. The lowest BCUT2D eigenvalue weighted by molar-refractivity contribution is 0.489. The number of aromatic nitrogens is 1. The first kappa shape index (κ1) is 12.8. The summed E-state index contributed by atoms with van der Waals surface area (Å²) in [6.45, 7) is 1.95. The Morgan fingerprint density at radius 1 is 1.00 bits per heavy atom. The van der Waals surface area contributed by atoms with E-state index in [1.165, 1.54) is 0 Å². The van der Waals surface area contributed by atoms with Crippen LogP contribution in [0.5, 0.6) is 11.5 Å². The third kappa shape index (κ3) is 2.28. The first-order valence-electron chi connectivity index (χ1n) is 6.23. The minimum absolute atomic E-state index is 0.429. The molecule has 0 fully saturated rings. The Balaban J connectivity index is 2.11. The highest BCUT2D eigenvalue weighted by Crippen LogP contribution is 2.35. The number of hydrogen-bond acceptors (Lipinski definition) is 3. The van der Waals surface area contributed by atoms with Crippen molar-refractivity contribution in [1.82, 2.24) is 4.98 Å². The number of nitrogens with two attached hydrogens (primary N) is 1. The number of benzene rings is 2. The van der Waals surface area contributed by atoms with E-state index in [-0.39, 0.29) is 0 Å². The molecule has 0 bridgehead atoms. The normalized spacial score (nSPS) is 10.7. The van der Waals surface area contributed by atoms with Crippen molar-refractivity contribution in [3.63, 3.8) is 0 Å². The summed E-state index contributed by atoms with van der Waals surface area (Å²) in [6.07, 6.45) is 0. The molecule has 4 heteroatoms. The van der Waals surface area contributed by atoms with E-state index < -0.39 is 0 Å². The Kier molecular flexibility index (Phi) is 3.20. The van der Waals surface area contributed by atoms with E-state index in [0.29, 0.717) is 22.2 Å². The monoisotopic (exact) mass is 284 g/mol. The Morgan fingerprint density at radius 2 is 1.75 bits per heavy atom. The molecule has 0 unspecified atom stereocenters. The van der Waals surface area contributed by atoms with Crippen molar-refractivity contribution >= 4 is 28.2 Å². The molecule has 2 N–H and O–H groups in total. The van der Waals surface area contributed by atoms with Gasteiger partial charge in [0.1, 0.15) is 5.52 Å². The van der Waals surface area contributed by atoms with Gasteiger partial charge < -0.3 is 10.5 Å². The van der Waals surface area contributed by atoms with Gasteiger partial charge in [-0.3, -0.25) is 0 Å². The van der Waals surface area contributed by atoms with Gasteiger partial charge in [0, 0.05) is 11.1 Å². The van der Waals surface area contributed by atoms with Crippen LogP contribution in [0.4, 0.5) is 5.69 Å². The maximum Gasteiger partial charge on any atom is 0.153 e. The number of anilines is 1. The Bertz CT molecular complexity index is 787. The van der Waals surface area contributed by atoms with Gasteiger partial charge in [0.05, 0.1) is 10.7 Å². The molecule has 0 radical (unpaired) electrons. The fourth-order valence-corrected chi connectivity index (χ4v) is 2.19. The second-order valence-corrected chi connectivity index (χ2v) is 4.94. The van der Waals surface area contributed by atoms with Gasteiger partial charge in [0.25, 0.3) is 0 Å². The van der Waals surface area contributed by atoms with Crippen LogP contribution in [-0.4, -0.2) is 4.98 Å². The molecule has 0 aliphatic rings. The van der Waals surface area contributed by atoms with Crippen LogP contribution >= 0.6 is 11.6 Å². The molecular weight excluding hydrogens is 272 g/mol. The summed E-state index contributed by atoms with van der Waals surface area (Å²) in [5, 5.41) is 1.50. The average molecular weight is 285 g/mol. The van der Waals surface area contributed by atoms with Crippen LogP contribution in [0, 0.1) is 6.92 Å². The first-order chi connectivity index (χ1) is 9.65. The molecule has 0 aliphatic carbocycles. The van der Waals surface area contributed by atoms with Crippen molar-refractivity contribution in [3.05, 3.63) is 59.2 Å². The summed E-state index contributed by atoms with van der Waals surface area (Å²) < 4.78 is 5.89. The van der Waals surface area contributed by atoms with Crippen molar-refractivity contribution in [3.8, 4) is 11.5 Å². The number of nitrogens with zero attached hydrogens (tertiary/aromatic N) is 1. The fourth-order valence-electron chi connectivity index (χ4n) is 2.02. The van der Waals surface area contributed by atoms with Crippen LogP contribution in [0.25, 0.3) is 10.9 Å². The summed E-state index contributed by atoms with van der Waals surface area (Å²) in [5.74, 6) is 1.20. The van der Waals surface area contributed by atoms with Crippen molar-refractivity contribution in [2.24, 2.45) is 0 Å². The molecule has 0 amide bonds. The van der Waals surface area contributed by atoms with E-state index in [9.17, 15) is 0 Å². The van der Waals surface area contributed by atoms with E-state index in [1.807, 2.05) is 37.3 Å². The summed E-state index contributed by atoms with van der Waals surface area (Å²) >= 11 is 6.00. The molecule has 0 spiro atoms. The molecule has 0 saturated carbocycles. The van der Waals surface area contributed by atoms with Crippen LogP contribution in [0.3, 0.4) is 0 Å². The van der Waals surface area contributed by atoms with Crippen LogP contribution < -0.4 is 10.5 Å².